The summed E-state index contributed by atoms with van der Waals surface area (Å²) in [6.07, 6.45) is -0.644. The van der Waals surface area contributed by atoms with Gasteiger partial charge >= 0.3 is 6.09 Å². The van der Waals surface area contributed by atoms with Gasteiger partial charge in [-0.15, -0.1) is 0 Å². The third kappa shape index (κ3) is 6.72. The van der Waals surface area contributed by atoms with E-state index in [0.717, 1.165) is 5.56 Å². The molecule has 0 aromatic heterocycles. The second kappa shape index (κ2) is 6.88. The molecule has 0 unspecified atom stereocenters. The van der Waals surface area contributed by atoms with Crippen molar-refractivity contribution in [1.82, 2.24) is 10.6 Å². The van der Waals surface area contributed by atoms with Crippen LogP contribution >= 0.6 is 0 Å². The van der Waals surface area contributed by atoms with E-state index in [-0.39, 0.29) is 24.8 Å². The molecule has 0 spiro atoms. The summed E-state index contributed by atoms with van der Waals surface area (Å²) in [5, 5.41) is 4.96. The van der Waals surface area contributed by atoms with E-state index in [1.807, 2.05) is 0 Å². The van der Waals surface area contributed by atoms with Crippen molar-refractivity contribution in [2.75, 3.05) is 6.54 Å². The molecule has 1 aromatic carbocycles. The van der Waals surface area contributed by atoms with Crippen molar-refractivity contribution in [3.63, 3.8) is 0 Å². The normalized spacial score (nSPS) is 10.8. The van der Waals surface area contributed by atoms with E-state index in [9.17, 15) is 14.0 Å². The Hall–Kier alpha value is -2.11. The SMILES string of the molecule is CC(C)(C)OC(=O)NCC(=O)NCc1ccc(F)cc1. The summed E-state index contributed by atoms with van der Waals surface area (Å²) >= 11 is 0. The topological polar surface area (TPSA) is 67.4 Å². The molecule has 0 fully saturated rings. The molecule has 1 rings (SSSR count). The van der Waals surface area contributed by atoms with Gasteiger partial charge in [0, 0.05) is 6.54 Å². The van der Waals surface area contributed by atoms with E-state index < -0.39 is 11.7 Å². The first-order valence-electron chi connectivity index (χ1n) is 6.24. The Bertz CT molecular complexity index is 466. The third-order valence-electron chi connectivity index (χ3n) is 2.20. The fraction of sp³-hybridized carbons (Fsp3) is 0.429. The molecule has 0 aliphatic heterocycles. The Morgan fingerprint density at radius 3 is 2.30 bits per heavy atom. The summed E-state index contributed by atoms with van der Waals surface area (Å²) in [5.74, 6) is -0.674. The smallest absolute Gasteiger partial charge is 0.408 e. The molecule has 2 amide bonds. The lowest BCUT2D eigenvalue weighted by Crippen LogP contribution is -2.39. The standard InChI is InChI=1S/C14H19FN2O3/c1-14(2,3)20-13(19)17-9-12(18)16-8-10-4-6-11(15)7-5-10/h4-7H,8-9H2,1-3H3,(H,16,18)(H,17,19). The van der Waals surface area contributed by atoms with Crippen molar-refractivity contribution in [3.05, 3.63) is 35.6 Å². The average molecular weight is 282 g/mol. The van der Waals surface area contributed by atoms with Gasteiger partial charge in [-0.2, -0.15) is 0 Å². The summed E-state index contributed by atoms with van der Waals surface area (Å²) in [6, 6.07) is 5.80. The number of hydrogen-bond acceptors (Lipinski definition) is 3. The molecule has 0 radical (unpaired) electrons. The summed E-state index contributed by atoms with van der Waals surface area (Å²) < 4.78 is 17.7. The molecule has 0 heterocycles. The molecule has 0 bridgehead atoms. The predicted molar refractivity (Wildman–Crippen MR) is 72.5 cm³/mol. The average Bonchev–Trinajstić information content (AvgIpc) is 2.33. The van der Waals surface area contributed by atoms with Crippen molar-refractivity contribution in [2.24, 2.45) is 0 Å². The Kier molecular flexibility index (Phi) is 5.49. The van der Waals surface area contributed by atoms with E-state index in [1.54, 1.807) is 32.9 Å². The highest BCUT2D eigenvalue weighted by Gasteiger charge is 2.16. The lowest BCUT2D eigenvalue weighted by Gasteiger charge is -2.19. The van der Waals surface area contributed by atoms with Crippen LogP contribution in [-0.2, 0) is 16.1 Å². The monoisotopic (exact) mass is 282 g/mol. The van der Waals surface area contributed by atoms with Gasteiger partial charge in [-0.25, -0.2) is 9.18 Å². The van der Waals surface area contributed by atoms with Crippen LogP contribution in [-0.4, -0.2) is 24.1 Å². The highest BCUT2D eigenvalue weighted by molar-refractivity contribution is 5.82. The van der Waals surface area contributed by atoms with Crippen LogP contribution in [0.1, 0.15) is 26.3 Å². The summed E-state index contributed by atoms with van der Waals surface area (Å²) in [6.45, 7) is 5.31. The van der Waals surface area contributed by atoms with E-state index in [0.29, 0.717) is 0 Å². The van der Waals surface area contributed by atoms with Crippen molar-refractivity contribution in [3.8, 4) is 0 Å². The van der Waals surface area contributed by atoms with Gasteiger partial charge in [-0.05, 0) is 38.5 Å². The Balaban J connectivity index is 2.27. The van der Waals surface area contributed by atoms with Gasteiger partial charge in [0.15, 0.2) is 0 Å². The molecule has 20 heavy (non-hydrogen) atoms. The van der Waals surface area contributed by atoms with Crippen LogP contribution in [0.4, 0.5) is 9.18 Å². The zero-order chi connectivity index (χ0) is 15.2. The van der Waals surface area contributed by atoms with Crippen LogP contribution in [0, 0.1) is 5.82 Å². The predicted octanol–water partition coefficient (Wildman–Crippen LogP) is 1.97. The minimum Gasteiger partial charge on any atom is -0.444 e. The number of rotatable bonds is 4. The first-order chi connectivity index (χ1) is 9.26. The number of nitrogens with one attached hydrogen (secondary N) is 2. The molecule has 0 saturated heterocycles. The van der Waals surface area contributed by atoms with Crippen molar-refractivity contribution in [1.29, 1.82) is 0 Å². The number of halogens is 1. The number of alkyl carbamates (subject to hydrolysis) is 1. The van der Waals surface area contributed by atoms with E-state index in [4.69, 9.17) is 4.74 Å². The molecular formula is C14H19FN2O3. The van der Waals surface area contributed by atoms with Gasteiger partial charge in [0.2, 0.25) is 5.91 Å². The summed E-state index contributed by atoms with van der Waals surface area (Å²) in [5.41, 5.74) is 0.173. The van der Waals surface area contributed by atoms with Crippen LogP contribution in [0.25, 0.3) is 0 Å². The Morgan fingerprint density at radius 1 is 1.15 bits per heavy atom. The molecule has 2 N–H and O–H groups in total. The van der Waals surface area contributed by atoms with Gasteiger partial charge < -0.3 is 15.4 Å². The molecular weight excluding hydrogens is 263 g/mol. The van der Waals surface area contributed by atoms with Crippen LogP contribution < -0.4 is 10.6 Å². The highest BCUT2D eigenvalue weighted by atomic mass is 19.1. The molecule has 0 atom stereocenters. The van der Waals surface area contributed by atoms with Gasteiger partial charge in [-0.3, -0.25) is 4.79 Å². The fourth-order valence-electron chi connectivity index (χ4n) is 1.33. The molecule has 110 valence electrons. The Labute approximate surface area is 117 Å². The van der Waals surface area contributed by atoms with Gasteiger partial charge in [0.1, 0.15) is 18.0 Å². The number of ether oxygens (including phenoxy) is 1. The molecule has 5 nitrogen and oxygen atoms in total. The van der Waals surface area contributed by atoms with E-state index in [1.165, 1.54) is 12.1 Å². The number of carbonyl (C=O) groups excluding carboxylic acids is 2. The number of amides is 2. The third-order valence-corrected chi connectivity index (χ3v) is 2.20. The molecule has 1 aromatic rings. The summed E-state index contributed by atoms with van der Waals surface area (Å²) in [4.78, 5) is 22.8. The minimum atomic E-state index is -0.644. The molecule has 0 aliphatic rings. The van der Waals surface area contributed by atoms with Crippen molar-refractivity contribution in [2.45, 2.75) is 32.9 Å². The zero-order valence-corrected chi connectivity index (χ0v) is 11.8. The quantitative estimate of drug-likeness (QED) is 0.887. The maximum absolute atomic E-state index is 12.7. The first-order valence-corrected chi connectivity index (χ1v) is 6.24. The molecule has 0 saturated carbocycles. The fourth-order valence-corrected chi connectivity index (χ4v) is 1.33. The Morgan fingerprint density at radius 2 is 1.75 bits per heavy atom. The highest BCUT2D eigenvalue weighted by Crippen LogP contribution is 2.06. The lowest BCUT2D eigenvalue weighted by molar-refractivity contribution is -0.120. The number of carbonyl (C=O) groups is 2. The van der Waals surface area contributed by atoms with Gasteiger partial charge in [-0.1, -0.05) is 12.1 Å². The van der Waals surface area contributed by atoms with Crippen molar-refractivity contribution >= 4 is 12.0 Å². The van der Waals surface area contributed by atoms with E-state index in [2.05, 4.69) is 10.6 Å². The summed E-state index contributed by atoms with van der Waals surface area (Å²) in [7, 11) is 0. The number of hydrogen-bond donors (Lipinski definition) is 2. The van der Waals surface area contributed by atoms with E-state index >= 15 is 0 Å². The second-order valence-electron chi connectivity index (χ2n) is 5.26. The maximum Gasteiger partial charge on any atom is 0.408 e. The van der Waals surface area contributed by atoms with Crippen LogP contribution in [0.15, 0.2) is 24.3 Å². The first kappa shape index (κ1) is 15.9. The van der Waals surface area contributed by atoms with Crippen molar-refractivity contribution < 1.29 is 18.7 Å². The van der Waals surface area contributed by atoms with Gasteiger partial charge in [0.25, 0.3) is 0 Å². The lowest BCUT2D eigenvalue weighted by atomic mass is 10.2. The van der Waals surface area contributed by atoms with Gasteiger partial charge in [0.05, 0.1) is 0 Å². The maximum atomic E-state index is 12.7. The second-order valence-corrected chi connectivity index (χ2v) is 5.26. The number of benzene rings is 1. The zero-order valence-electron chi connectivity index (χ0n) is 11.8. The molecule has 0 aliphatic carbocycles. The van der Waals surface area contributed by atoms with Crippen LogP contribution in [0.2, 0.25) is 0 Å². The molecule has 6 heteroatoms. The van der Waals surface area contributed by atoms with Crippen LogP contribution in [0.3, 0.4) is 0 Å². The largest absolute Gasteiger partial charge is 0.444 e. The van der Waals surface area contributed by atoms with Crippen LogP contribution in [0.5, 0.6) is 0 Å². The minimum absolute atomic E-state index is 0.171.